The fraction of sp³-hybridized carbons (Fsp3) is 0. The summed E-state index contributed by atoms with van der Waals surface area (Å²) in [6.45, 7) is 0. The summed E-state index contributed by atoms with van der Waals surface area (Å²) in [6.07, 6.45) is 0. The highest BCUT2D eigenvalue weighted by molar-refractivity contribution is 5.91. The molecule has 39 heavy (non-hydrogen) atoms. The standard InChI is InChI=1S/C30H15N3O6/c34-28-16-8-1-4-13-21(16)31-25(37-28)19-11-7-12-20(26-32-22-14-5-2-9-17(22)29(35)38-26)24(19)27-33-23-15-6-3-10-18(23)30(36)39-27/h1-15H. The van der Waals surface area contributed by atoms with Crippen LogP contribution in [0.2, 0.25) is 0 Å². The van der Waals surface area contributed by atoms with E-state index in [0.717, 1.165) is 0 Å². The van der Waals surface area contributed by atoms with E-state index in [9.17, 15) is 14.4 Å². The van der Waals surface area contributed by atoms with Crippen LogP contribution < -0.4 is 16.9 Å². The number of aromatic nitrogens is 3. The van der Waals surface area contributed by atoms with Crippen molar-refractivity contribution in [3.63, 3.8) is 0 Å². The van der Waals surface area contributed by atoms with Crippen molar-refractivity contribution in [2.75, 3.05) is 0 Å². The Balaban J connectivity index is 1.59. The molecule has 3 aromatic heterocycles. The molecule has 3 heterocycles. The van der Waals surface area contributed by atoms with E-state index in [1.165, 1.54) is 0 Å². The van der Waals surface area contributed by atoms with Crippen molar-refractivity contribution in [1.29, 1.82) is 0 Å². The van der Waals surface area contributed by atoms with E-state index in [4.69, 9.17) is 13.3 Å². The van der Waals surface area contributed by atoms with Gasteiger partial charge in [0.25, 0.3) is 0 Å². The molecule has 0 fully saturated rings. The van der Waals surface area contributed by atoms with Gasteiger partial charge in [-0.05, 0) is 48.5 Å². The van der Waals surface area contributed by atoms with E-state index in [0.29, 0.717) is 43.8 Å². The Morgan fingerprint density at radius 2 is 0.769 bits per heavy atom. The van der Waals surface area contributed by atoms with Crippen molar-refractivity contribution < 1.29 is 13.3 Å². The average molecular weight is 513 g/mol. The van der Waals surface area contributed by atoms with Gasteiger partial charge in [0.05, 0.1) is 49.4 Å². The monoisotopic (exact) mass is 513 g/mol. The predicted octanol–water partition coefficient (Wildman–Crippen LogP) is 5.19. The van der Waals surface area contributed by atoms with E-state index in [1.54, 1.807) is 91.0 Å². The van der Waals surface area contributed by atoms with Gasteiger partial charge < -0.3 is 13.3 Å². The van der Waals surface area contributed by atoms with Crippen LogP contribution in [0.1, 0.15) is 0 Å². The van der Waals surface area contributed by atoms with Gasteiger partial charge in [0.15, 0.2) is 0 Å². The number of rotatable bonds is 3. The summed E-state index contributed by atoms with van der Waals surface area (Å²) in [5, 5.41) is 0.930. The third-order valence-corrected chi connectivity index (χ3v) is 6.35. The highest BCUT2D eigenvalue weighted by Gasteiger charge is 2.24. The smallest absolute Gasteiger partial charge is 0.347 e. The minimum atomic E-state index is -0.614. The Hall–Kier alpha value is -5.70. The molecule has 0 spiro atoms. The lowest BCUT2D eigenvalue weighted by Crippen LogP contribution is -2.07. The molecule has 0 radical (unpaired) electrons. The summed E-state index contributed by atoms with van der Waals surface area (Å²) < 4.78 is 16.9. The summed E-state index contributed by atoms with van der Waals surface area (Å²) in [5.74, 6) is -0.146. The summed E-state index contributed by atoms with van der Waals surface area (Å²) in [6, 6.07) is 25.3. The van der Waals surface area contributed by atoms with Gasteiger partial charge in [-0.1, -0.05) is 42.5 Å². The van der Waals surface area contributed by atoms with Gasteiger partial charge in [0.2, 0.25) is 17.7 Å². The lowest BCUT2D eigenvalue weighted by atomic mass is 9.99. The Morgan fingerprint density at radius 3 is 1.21 bits per heavy atom. The molecule has 0 unspecified atom stereocenters. The molecule has 0 N–H and O–H groups in total. The quantitative estimate of drug-likeness (QED) is 0.313. The van der Waals surface area contributed by atoms with Gasteiger partial charge >= 0.3 is 16.9 Å². The average Bonchev–Trinajstić information content (AvgIpc) is 2.97. The molecule has 0 atom stereocenters. The van der Waals surface area contributed by atoms with Crippen LogP contribution in [0.3, 0.4) is 0 Å². The second-order valence-corrected chi connectivity index (χ2v) is 8.70. The molecule has 9 nitrogen and oxygen atoms in total. The highest BCUT2D eigenvalue weighted by Crippen LogP contribution is 2.38. The first-order chi connectivity index (χ1) is 19.1. The van der Waals surface area contributed by atoms with Crippen LogP contribution in [-0.2, 0) is 0 Å². The molecule has 0 bridgehead atoms. The molecule has 7 rings (SSSR count). The molecule has 0 aliphatic rings. The fourth-order valence-corrected chi connectivity index (χ4v) is 4.53. The van der Waals surface area contributed by atoms with Crippen LogP contribution in [0.5, 0.6) is 0 Å². The van der Waals surface area contributed by atoms with Gasteiger partial charge in [0.1, 0.15) is 0 Å². The Morgan fingerprint density at radius 1 is 0.410 bits per heavy atom. The first kappa shape index (κ1) is 22.5. The summed E-state index contributed by atoms with van der Waals surface area (Å²) in [7, 11) is 0. The molecule has 7 aromatic rings. The summed E-state index contributed by atoms with van der Waals surface area (Å²) >= 11 is 0. The van der Waals surface area contributed by atoms with Crippen molar-refractivity contribution in [3.05, 3.63) is 122 Å². The highest BCUT2D eigenvalue weighted by atomic mass is 16.4. The lowest BCUT2D eigenvalue weighted by Gasteiger charge is -2.12. The molecule has 4 aromatic carbocycles. The molecular formula is C30H15N3O6. The Kier molecular flexibility index (Phi) is 5.02. The largest absolute Gasteiger partial charge is 0.403 e. The molecule has 0 saturated carbocycles. The predicted molar refractivity (Wildman–Crippen MR) is 144 cm³/mol. The first-order valence-electron chi connectivity index (χ1n) is 11.9. The fourth-order valence-electron chi connectivity index (χ4n) is 4.53. The van der Waals surface area contributed by atoms with Crippen molar-refractivity contribution in [2.45, 2.75) is 0 Å². The van der Waals surface area contributed by atoms with E-state index >= 15 is 0 Å². The number of nitrogens with zero attached hydrogens (tertiary/aromatic N) is 3. The molecule has 0 aliphatic carbocycles. The third kappa shape index (κ3) is 3.72. The van der Waals surface area contributed by atoms with Crippen LogP contribution in [0.4, 0.5) is 0 Å². The van der Waals surface area contributed by atoms with Gasteiger partial charge in [-0.15, -0.1) is 0 Å². The maximum Gasteiger partial charge on any atom is 0.347 e. The topological polar surface area (TPSA) is 129 Å². The minimum absolute atomic E-state index is 0.0312. The maximum atomic E-state index is 12.9. The SMILES string of the molecule is O=c1oc(-c2cccc(-c3nc4ccccc4c(=O)o3)c2-c2nc3ccccc3c(=O)o2)nc2ccccc12. The van der Waals surface area contributed by atoms with Crippen LogP contribution in [0, 0.1) is 0 Å². The normalized spacial score (nSPS) is 11.4. The van der Waals surface area contributed by atoms with Gasteiger partial charge in [-0.2, -0.15) is 0 Å². The van der Waals surface area contributed by atoms with Crippen LogP contribution in [-0.4, -0.2) is 15.0 Å². The zero-order valence-electron chi connectivity index (χ0n) is 20.0. The van der Waals surface area contributed by atoms with Crippen LogP contribution in [0.15, 0.2) is 119 Å². The molecule has 0 amide bonds. The van der Waals surface area contributed by atoms with E-state index in [2.05, 4.69) is 15.0 Å². The number of fused-ring (bicyclic) bond motifs is 3. The Bertz CT molecular complexity index is 2150. The molecule has 186 valence electrons. The van der Waals surface area contributed by atoms with E-state index in [-0.39, 0.29) is 23.2 Å². The van der Waals surface area contributed by atoms with Crippen molar-refractivity contribution in [1.82, 2.24) is 15.0 Å². The van der Waals surface area contributed by atoms with Gasteiger partial charge in [-0.3, -0.25) is 0 Å². The van der Waals surface area contributed by atoms with Crippen LogP contribution >= 0.6 is 0 Å². The number of hydrogen-bond donors (Lipinski definition) is 0. The number of benzene rings is 4. The molecular weight excluding hydrogens is 498 g/mol. The van der Waals surface area contributed by atoms with Crippen molar-refractivity contribution in [2.24, 2.45) is 0 Å². The molecule has 0 aliphatic heterocycles. The van der Waals surface area contributed by atoms with Crippen molar-refractivity contribution in [3.8, 4) is 34.4 Å². The first-order valence-corrected chi connectivity index (χ1v) is 11.9. The molecule has 0 saturated heterocycles. The Labute approximate surface area is 217 Å². The van der Waals surface area contributed by atoms with Crippen molar-refractivity contribution >= 4 is 32.7 Å². The lowest BCUT2D eigenvalue weighted by molar-refractivity contribution is 0.507. The molecule has 9 heteroatoms. The van der Waals surface area contributed by atoms with Crippen LogP contribution in [0.25, 0.3) is 67.1 Å². The summed E-state index contributed by atoms with van der Waals surface area (Å²) in [5.41, 5.74) is 0.245. The van der Waals surface area contributed by atoms with Gasteiger partial charge in [-0.25, -0.2) is 29.3 Å². The second kappa shape index (κ2) is 8.70. The second-order valence-electron chi connectivity index (χ2n) is 8.70. The number of para-hydroxylation sites is 3. The van der Waals surface area contributed by atoms with Gasteiger partial charge in [0, 0.05) is 0 Å². The zero-order chi connectivity index (χ0) is 26.5. The third-order valence-electron chi connectivity index (χ3n) is 6.35. The zero-order valence-corrected chi connectivity index (χ0v) is 20.0. The maximum absolute atomic E-state index is 12.9. The minimum Gasteiger partial charge on any atom is -0.403 e. The van der Waals surface area contributed by atoms with E-state index < -0.39 is 16.9 Å². The van der Waals surface area contributed by atoms with E-state index in [1.807, 2.05) is 0 Å². The summed E-state index contributed by atoms with van der Waals surface area (Å²) in [4.78, 5) is 52.3. The number of hydrogen-bond acceptors (Lipinski definition) is 9.